The summed E-state index contributed by atoms with van der Waals surface area (Å²) in [6, 6.07) is 5.30. The second kappa shape index (κ2) is 8.01. The first-order valence-electron chi connectivity index (χ1n) is 6.44. The first kappa shape index (κ1) is 16.7. The topological polar surface area (TPSA) is 41.1 Å². The Morgan fingerprint density at radius 2 is 1.85 bits per heavy atom. The van der Waals surface area contributed by atoms with Crippen molar-refractivity contribution in [2.75, 3.05) is 19.6 Å². The van der Waals surface area contributed by atoms with Crippen LogP contribution in [0.1, 0.15) is 18.1 Å². The van der Waals surface area contributed by atoms with Crippen molar-refractivity contribution in [3.63, 3.8) is 0 Å². The van der Waals surface area contributed by atoms with Crippen LogP contribution in [0.4, 0.5) is 13.2 Å². The lowest BCUT2D eigenvalue weighted by Gasteiger charge is -2.27. The Bertz CT molecular complexity index is 400. The van der Waals surface area contributed by atoms with Crippen molar-refractivity contribution in [2.45, 2.75) is 19.6 Å². The standard InChI is InChI=1S/C12H15F3N2.C2H4O/c13-12(14,15)11-3-1-9(2-4-11)5-16-6-10-7-17-8-10;1-2-3/h1-4,10,16-17H,5-8H2;2H,1H3. The van der Waals surface area contributed by atoms with Crippen LogP contribution in [-0.2, 0) is 17.5 Å². The quantitative estimate of drug-likeness (QED) is 0.835. The fraction of sp³-hybridized carbons (Fsp3) is 0.500. The van der Waals surface area contributed by atoms with E-state index in [0.29, 0.717) is 12.5 Å². The van der Waals surface area contributed by atoms with Crippen LogP contribution in [0.15, 0.2) is 24.3 Å². The first-order valence-corrected chi connectivity index (χ1v) is 6.44. The zero-order chi connectivity index (χ0) is 15.0. The van der Waals surface area contributed by atoms with E-state index in [2.05, 4.69) is 10.6 Å². The van der Waals surface area contributed by atoms with Gasteiger partial charge in [0.05, 0.1) is 5.56 Å². The van der Waals surface area contributed by atoms with E-state index in [0.717, 1.165) is 43.6 Å². The van der Waals surface area contributed by atoms with Crippen LogP contribution in [0.2, 0.25) is 0 Å². The summed E-state index contributed by atoms with van der Waals surface area (Å²) in [5, 5.41) is 6.41. The minimum atomic E-state index is -4.25. The van der Waals surface area contributed by atoms with Crippen LogP contribution in [0.3, 0.4) is 0 Å². The summed E-state index contributed by atoms with van der Waals surface area (Å²) in [6.07, 6.45) is -3.50. The lowest BCUT2D eigenvalue weighted by molar-refractivity contribution is -0.137. The van der Waals surface area contributed by atoms with Crippen molar-refractivity contribution in [1.29, 1.82) is 0 Å². The fourth-order valence-corrected chi connectivity index (χ4v) is 1.73. The molecule has 1 fully saturated rings. The molecule has 112 valence electrons. The third-order valence-electron chi connectivity index (χ3n) is 2.91. The average Bonchev–Trinajstić information content (AvgIpc) is 2.33. The third kappa shape index (κ3) is 5.71. The minimum Gasteiger partial charge on any atom is -0.316 e. The van der Waals surface area contributed by atoms with E-state index in [4.69, 9.17) is 4.79 Å². The second-order valence-electron chi connectivity index (χ2n) is 4.59. The fourth-order valence-electron chi connectivity index (χ4n) is 1.73. The molecule has 20 heavy (non-hydrogen) atoms. The van der Waals surface area contributed by atoms with Gasteiger partial charge in [-0.1, -0.05) is 12.1 Å². The van der Waals surface area contributed by atoms with E-state index >= 15 is 0 Å². The molecule has 0 unspecified atom stereocenters. The van der Waals surface area contributed by atoms with Gasteiger partial charge >= 0.3 is 6.18 Å². The van der Waals surface area contributed by atoms with Gasteiger partial charge < -0.3 is 15.4 Å². The Hall–Kier alpha value is -1.40. The molecule has 2 N–H and O–H groups in total. The molecular formula is C14H19F3N2O. The predicted octanol–water partition coefficient (Wildman–Crippen LogP) is 2.22. The highest BCUT2D eigenvalue weighted by Crippen LogP contribution is 2.28. The Kier molecular flexibility index (Phi) is 6.67. The molecule has 1 aromatic carbocycles. The molecule has 1 aromatic rings. The zero-order valence-corrected chi connectivity index (χ0v) is 11.3. The lowest BCUT2D eigenvalue weighted by Crippen LogP contribution is -2.47. The maximum Gasteiger partial charge on any atom is 0.416 e. The van der Waals surface area contributed by atoms with Gasteiger partial charge in [0, 0.05) is 26.2 Å². The minimum absolute atomic E-state index is 0.593. The molecule has 1 aliphatic heterocycles. The smallest absolute Gasteiger partial charge is 0.316 e. The van der Waals surface area contributed by atoms with Gasteiger partial charge in [0.1, 0.15) is 6.29 Å². The van der Waals surface area contributed by atoms with E-state index in [1.165, 1.54) is 19.1 Å². The number of aldehydes is 1. The Labute approximate surface area is 116 Å². The van der Waals surface area contributed by atoms with Crippen LogP contribution >= 0.6 is 0 Å². The Morgan fingerprint density at radius 1 is 1.30 bits per heavy atom. The van der Waals surface area contributed by atoms with E-state index in [1.54, 1.807) is 0 Å². The summed E-state index contributed by atoms with van der Waals surface area (Å²) >= 11 is 0. The van der Waals surface area contributed by atoms with Gasteiger partial charge in [0.2, 0.25) is 0 Å². The van der Waals surface area contributed by atoms with Gasteiger partial charge in [0.25, 0.3) is 0 Å². The molecule has 0 amide bonds. The molecule has 2 rings (SSSR count). The Balaban J connectivity index is 0.000000612. The van der Waals surface area contributed by atoms with Crippen molar-refractivity contribution in [3.8, 4) is 0 Å². The number of carbonyl (C=O) groups excluding carboxylic acids is 1. The number of hydrogen-bond donors (Lipinski definition) is 2. The lowest BCUT2D eigenvalue weighted by atomic mass is 10.0. The van der Waals surface area contributed by atoms with Crippen LogP contribution in [0.5, 0.6) is 0 Å². The van der Waals surface area contributed by atoms with Gasteiger partial charge in [-0.25, -0.2) is 0 Å². The number of alkyl halides is 3. The van der Waals surface area contributed by atoms with Crippen molar-refractivity contribution >= 4 is 6.29 Å². The molecule has 1 aliphatic rings. The van der Waals surface area contributed by atoms with Crippen LogP contribution in [0, 0.1) is 5.92 Å². The molecule has 3 nitrogen and oxygen atoms in total. The monoisotopic (exact) mass is 288 g/mol. The van der Waals surface area contributed by atoms with E-state index in [-0.39, 0.29) is 0 Å². The van der Waals surface area contributed by atoms with Crippen molar-refractivity contribution in [3.05, 3.63) is 35.4 Å². The van der Waals surface area contributed by atoms with E-state index in [1.807, 2.05) is 0 Å². The highest BCUT2D eigenvalue weighted by atomic mass is 19.4. The summed E-state index contributed by atoms with van der Waals surface area (Å²) in [5.74, 6) is 0.657. The number of benzene rings is 1. The van der Waals surface area contributed by atoms with Crippen molar-refractivity contribution < 1.29 is 18.0 Å². The first-order chi connectivity index (χ1) is 9.47. The number of nitrogens with one attached hydrogen (secondary N) is 2. The zero-order valence-electron chi connectivity index (χ0n) is 11.3. The molecule has 0 saturated carbocycles. The average molecular weight is 288 g/mol. The number of rotatable bonds is 4. The van der Waals surface area contributed by atoms with Crippen LogP contribution in [-0.4, -0.2) is 25.9 Å². The molecule has 1 saturated heterocycles. The van der Waals surface area contributed by atoms with Crippen molar-refractivity contribution in [1.82, 2.24) is 10.6 Å². The third-order valence-corrected chi connectivity index (χ3v) is 2.91. The van der Waals surface area contributed by atoms with Gasteiger partial charge in [-0.15, -0.1) is 0 Å². The highest BCUT2D eigenvalue weighted by Gasteiger charge is 2.29. The molecule has 0 radical (unpaired) electrons. The molecule has 0 aromatic heterocycles. The van der Waals surface area contributed by atoms with Gasteiger partial charge in [-0.2, -0.15) is 13.2 Å². The summed E-state index contributed by atoms with van der Waals surface area (Å²) in [6.45, 7) is 5.03. The van der Waals surface area contributed by atoms with Gasteiger partial charge in [-0.3, -0.25) is 0 Å². The van der Waals surface area contributed by atoms with E-state index in [9.17, 15) is 13.2 Å². The molecule has 0 bridgehead atoms. The largest absolute Gasteiger partial charge is 0.416 e. The molecule has 0 atom stereocenters. The van der Waals surface area contributed by atoms with Gasteiger partial charge in [-0.05, 0) is 30.5 Å². The maximum absolute atomic E-state index is 12.3. The van der Waals surface area contributed by atoms with Gasteiger partial charge in [0.15, 0.2) is 0 Å². The summed E-state index contributed by atoms with van der Waals surface area (Å²) in [4.78, 5) is 8.81. The summed E-state index contributed by atoms with van der Waals surface area (Å²) in [7, 11) is 0. The van der Waals surface area contributed by atoms with Crippen LogP contribution < -0.4 is 10.6 Å². The number of halogens is 3. The SMILES string of the molecule is CC=O.FC(F)(F)c1ccc(CNCC2CNC2)cc1. The summed E-state index contributed by atoms with van der Waals surface area (Å²) in [5.41, 5.74) is 0.287. The summed E-state index contributed by atoms with van der Waals surface area (Å²) < 4.78 is 36.9. The maximum atomic E-state index is 12.3. The normalized spacial score (nSPS) is 15.0. The predicted molar refractivity (Wildman–Crippen MR) is 71.2 cm³/mol. The molecule has 0 aliphatic carbocycles. The molecule has 0 spiro atoms. The molecule has 1 heterocycles. The van der Waals surface area contributed by atoms with Crippen LogP contribution in [0.25, 0.3) is 0 Å². The number of hydrogen-bond acceptors (Lipinski definition) is 3. The molecule has 6 heteroatoms. The second-order valence-corrected chi connectivity index (χ2v) is 4.59. The van der Waals surface area contributed by atoms with Crippen molar-refractivity contribution in [2.24, 2.45) is 5.92 Å². The highest BCUT2D eigenvalue weighted by molar-refractivity contribution is 5.44. The molecular weight excluding hydrogens is 269 g/mol. The number of carbonyl (C=O) groups is 1. The Morgan fingerprint density at radius 3 is 2.25 bits per heavy atom. The van der Waals surface area contributed by atoms with E-state index < -0.39 is 11.7 Å².